The molecule has 0 saturated heterocycles. The highest BCUT2D eigenvalue weighted by Crippen LogP contribution is 2.55. The molecule has 2 unspecified atom stereocenters. The number of ether oxygens (including phenoxy) is 2. The lowest BCUT2D eigenvalue weighted by Gasteiger charge is -2.08. The molecule has 4 nitrogen and oxygen atoms in total. The first-order valence-corrected chi connectivity index (χ1v) is 7.31. The van der Waals surface area contributed by atoms with Gasteiger partial charge in [0.15, 0.2) is 0 Å². The Balaban J connectivity index is 1.79. The van der Waals surface area contributed by atoms with Crippen molar-refractivity contribution in [3.05, 3.63) is 53.6 Å². The van der Waals surface area contributed by atoms with Gasteiger partial charge in [-0.15, -0.1) is 0 Å². The van der Waals surface area contributed by atoms with Crippen LogP contribution >= 0.6 is 0 Å². The van der Waals surface area contributed by atoms with Crippen molar-refractivity contribution >= 4 is 12.6 Å². The van der Waals surface area contributed by atoms with Crippen LogP contribution in [0.2, 0.25) is 0 Å². The van der Waals surface area contributed by atoms with Crippen LogP contribution in [0, 0.1) is 0 Å². The molecule has 0 radical (unpaired) electrons. The summed E-state index contributed by atoms with van der Waals surface area (Å²) in [5.41, 5.74) is 2.95. The summed E-state index contributed by atoms with van der Waals surface area (Å²) in [7, 11) is 1.90. The second kappa shape index (κ2) is 6.03. The largest absolute Gasteiger partial charge is 0.497 e. The minimum absolute atomic E-state index is 0.453. The molecule has 114 valence electrons. The van der Waals surface area contributed by atoms with Gasteiger partial charge in [0.1, 0.15) is 11.5 Å². The van der Waals surface area contributed by atoms with E-state index < -0.39 is 7.12 Å². The summed E-state index contributed by atoms with van der Waals surface area (Å²) >= 11 is 0. The zero-order chi connectivity index (χ0) is 15.7. The SMILES string of the molecule is COc1cc(OC)cc(C2CC2c2ccc(B(O)O)cc2)c1. The van der Waals surface area contributed by atoms with Crippen molar-refractivity contribution in [2.24, 2.45) is 0 Å². The summed E-state index contributed by atoms with van der Waals surface area (Å²) in [5.74, 6) is 2.52. The van der Waals surface area contributed by atoms with E-state index in [0.717, 1.165) is 17.9 Å². The molecule has 1 aliphatic rings. The fourth-order valence-corrected chi connectivity index (χ4v) is 2.89. The van der Waals surface area contributed by atoms with Crippen molar-refractivity contribution < 1.29 is 19.5 Å². The van der Waals surface area contributed by atoms with Crippen LogP contribution in [0.25, 0.3) is 0 Å². The van der Waals surface area contributed by atoms with E-state index in [1.807, 2.05) is 18.2 Å². The summed E-state index contributed by atoms with van der Waals surface area (Å²) in [4.78, 5) is 0. The molecular weight excluding hydrogens is 279 g/mol. The lowest BCUT2D eigenvalue weighted by Crippen LogP contribution is -2.29. The maximum absolute atomic E-state index is 9.14. The van der Waals surface area contributed by atoms with E-state index in [9.17, 15) is 0 Å². The van der Waals surface area contributed by atoms with Gasteiger partial charge in [-0.25, -0.2) is 0 Å². The van der Waals surface area contributed by atoms with Gasteiger partial charge < -0.3 is 19.5 Å². The molecule has 5 heteroatoms. The van der Waals surface area contributed by atoms with Crippen molar-refractivity contribution in [1.29, 1.82) is 0 Å². The Kier molecular flexibility index (Phi) is 4.09. The molecule has 0 bridgehead atoms. The second-order valence-corrected chi connectivity index (χ2v) is 5.64. The van der Waals surface area contributed by atoms with Crippen molar-refractivity contribution in [3.8, 4) is 11.5 Å². The molecule has 3 rings (SSSR count). The number of methoxy groups -OCH3 is 2. The Labute approximate surface area is 130 Å². The predicted octanol–water partition coefficient (Wildman–Crippen LogP) is 1.65. The van der Waals surface area contributed by atoms with Crippen LogP contribution in [0.1, 0.15) is 29.4 Å². The van der Waals surface area contributed by atoms with Crippen LogP contribution in [-0.4, -0.2) is 31.4 Å². The predicted molar refractivity (Wildman–Crippen MR) is 85.9 cm³/mol. The number of hydrogen-bond acceptors (Lipinski definition) is 4. The second-order valence-electron chi connectivity index (χ2n) is 5.64. The zero-order valence-corrected chi connectivity index (χ0v) is 12.7. The van der Waals surface area contributed by atoms with Crippen LogP contribution in [0.4, 0.5) is 0 Å². The van der Waals surface area contributed by atoms with Crippen LogP contribution in [0.5, 0.6) is 11.5 Å². The number of benzene rings is 2. The van der Waals surface area contributed by atoms with Gasteiger partial charge in [-0.3, -0.25) is 0 Å². The molecule has 2 N–H and O–H groups in total. The lowest BCUT2D eigenvalue weighted by atomic mass is 9.80. The molecule has 0 heterocycles. The van der Waals surface area contributed by atoms with Crippen LogP contribution < -0.4 is 14.9 Å². The van der Waals surface area contributed by atoms with Gasteiger partial charge in [0.2, 0.25) is 0 Å². The summed E-state index contributed by atoms with van der Waals surface area (Å²) in [5, 5.41) is 18.3. The van der Waals surface area contributed by atoms with E-state index in [1.54, 1.807) is 26.4 Å². The Morgan fingerprint density at radius 2 is 1.41 bits per heavy atom. The Hall–Kier alpha value is -1.98. The van der Waals surface area contributed by atoms with E-state index in [2.05, 4.69) is 12.1 Å². The maximum atomic E-state index is 9.14. The minimum Gasteiger partial charge on any atom is -0.497 e. The molecule has 0 spiro atoms. The van der Waals surface area contributed by atoms with Gasteiger partial charge >= 0.3 is 7.12 Å². The van der Waals surface area contributed by atoms with E-state index in [4.69, 9.17) is 19.5 Å². The molecular formula is C17H19BO4. The van der Waals surface area contributed by atoms with Gasteiger partial charge in [0, 0.05) is 6.07 Å². The lowest BCUT2D eigenvalue weighted by molar-refractivity contribution is 0.393. The fourth-order valence-electron chi connectivity index (χ4n) is 2.89. The van der Waals surface area contributed by atoms with Gasteiger partial charge in [0.25, 0.3) is 0 Å². The molecule has 1 fully saturated rings. The highest BCUT2D eigenvalue weighted by atomic mass is 16.5. The first-order valence-electron chi connectivity index (χ1n) is 7.31. The van der Waals surface area contributed by atoms with E-state index in [-0.39, 0.29) is 0 Å². The Morgan fingerprint density at radius 1 is 0.864 bits per heavy atom. The highest BCUT2D eigenvalue weighted by molar-refractivity contribution is 6.58. The number of rotatable bonds is 5. The molecule has 1 aliphatic carbocycles. The number of hydrogen-bond donors (Lipinski definition) is 2. The standard InChI is InChI=1S/C17H19BO4/c1-21-14-7-12(8-15(9-14)22-2)17-10-16(17)11-3-5-13(6-4-11)18(19)20/h3-9,16-17,19-20H,10H2,1-2H3. The topological polar surface area (TPSA) is 58.9 Å². The molecule has 0 aliphatic heterocycles. The van der Waals surface area contributed by atoms with E-state index >= 15 is 0 Å². The molecule has 2 atom stereocenters. The molecule has 22 heavy (non-hydrogen) atoms. The minimum atomic E-state index is -1.41. The quantitative estimate of drug-likeness (QED) is 0.824. The maximum Gasteiger partial charge on any atom is 0.488 e. The zero-order valence-electron chi connectivity index (χ0n) is 12.7. The summed E-state index contributed by atoms with van der Waals surface area (Å²) in [6, 6.07) is 13.5. The highest BCUT2D eigenvalue weighted by Gasteiger charge is 2.39. The van der Waals surface area contributed by atoms with Crippen molar-refractivity contribution in [2.45, 2.75) is 18.3 Å². The van der Waals surface area contributed by atoms with Gasteiger partial charge in [-0.05, 0) is 47.0 Å². The van der Waals surface area contributed by atoms with Crippen molar-refractivity contribution in [2.75, 3.05) is 14.2 Å². The first-order chi connectivity index (χ1) is 10.6. The third-order valence-electron chi connectivity index (χ3n) is 4.26. The van der Waals surface area contributed by atoms with Gasteiger partial charge in [-0.1, -0.05) is 24.3 Å². The molecule has 2 aromatic carbocycles. The molecule has 0 aromatic heterocycles. The van der Waals surface area contributed by atoms with Gasteiger partial charge in [-0.2, -0.15) is 0 Å². The van der Waals surface area contributed by atoms with Crippen molar-refractivity contribution in [3.63, 3.8) is 0 Å². The Morgan fingerprint density at radius 3 is 1.91 bits per heavy atom. The van der Waals surface area contributed by atoms with Crippen LogP contribution in [0.3, 0.4) is 0 Å². The average Bonchev–Trinajstić information content (AvgIpc) is 3.35. The van der Waals surface area contributed by atoms with Crippen LogP contribution in [0.15, 0.2) is 42.5 Å². The summed E-state index contributed by atoms with van der Waals surface area (Å²) in [6.07, 6.45) is 1.08. The summed E-state index contributed by atoms with van der Waals surface area (Å²) in [6.45, 7) is 0. The molecule has 1 saturated carbocycles. The molecule has 0 amide bonds. The normalized spacial score (nSPS) is 19.6. The third kappa shape index (κ3) is 2.96. The van der Waals surface area contributed by atoms with Crippen molar-refractivity contribution in [1.82, 2.24) is 0 Å². The monoisotopic (exact) mass is 298 g/mol. The van der Waals surface area contributed by atoms with Gasteiger partial charge in [0.05, 0.1) is 14.2 Å². The third-order valence-corrected chi connectivity index (χ3v) is 4.26. The first kappa shape index (κ1) is 14.9. The molecule has 2 aromatic rings. The average molecular weight is 298 g/mol. The summed E-state index contributed by atoms with van der Waals surface area (Å²) < 4.78 is 10.6. The smallest absolute Gasteiger partial charge is 0.488 e. The fraction of sp³-hybridized carbons (Fsp3) is 0.294. The van der Waals surface area contributed by atoms with Crippen LogP contribution in [-0.2, 0) is 0 Å². The van der Waals surface area contributed by atoms with E-state index in [1.165, 1.54) is 11.1 Å². The van der Waals surface area contributed by atoms with E-state index in [0.29, 0.717) is 17.3 Å². The Bertz CT molecular complexity index is 632.